The van der Waals surface area contributed by atoms with E-state index in [2.05, 4.69) is 0 Å². The second kappa shape index (κ2) is 5.37. The predicted molar refractivity (Wildman–Crippen MR) is 56.8 cm³/mol. The summed E-state index contributed by atoms with van der Waals surface area (Å²) in [6, 6.07) is 4.86. The van der Waals surface area contributed by atoms with Gasteiger partial charge in [-0.2, -0.15) is 0 Å². The van der Waals surface area contributed by atoms with Crippen LogP contribution in [-0.4, -0.2) is 30.4 Å². The van der Waals surface area contributed by atoms with Gasteiger partial charge in [-0.15, -0.1) is 0 Å². The first-order valence-corrected chi connectivity index (χ1v) is 4.70. The van der Waals surface area contributed by atoms with Gasteiger partial charge in [0.15, 0.2) is 0 Å². The van der Waals surface area contributed by atoms with E-state index in [0.717, 1.165) is 0 Å². The fraction of sp³-hybridized carbons (Fsp3) is 0.364. The third-order valence-corrected chi connectivity index (χ3v) is 2.16. The fourth-order valence-electron chi connectivity index (χ4n) is 1.38. The van der Waals surface area contributed by atoms with Gasteiger partial charge in [0.2, 0.25) is 0 Å². The Morgan fingerprint density at radius 1 is 1.38 bits per heavy atom. The number of hydrogen-bond donors (Lipinski definition) is 2. The minimum atomic E-state index is -1.11. The van der Waals surface area contributed by atoms with E-state index in [1.807, 2.05) is 0 Å². The van der Waals surface area contributed by atoms with Gasteiger partial charge in [0.05, 0.1) is 26.7 Å². The molecule has 1 atom stereocenters. The standard InChI is InChI=1S/C11H14O5/c1-15-7-3-4-10(16-2)8(5-7)9(12)6-11(13)14/h3-5,9,12H,6H2,1-2H3,(H,13,14)/t9-/m1/s1. The van der Waals surface area contributed by atoms with Gasteiger partial charge in [-0.3, -0.25) is 4.79 Å². The molecule has 5 heteroatoms. The van der Waals surface area contributed by atoms with Crippen molar-refractivity contribution in [3.8, 4) is 11.5 Å². The molecule has 0 aliphatic rings. The van der Waals surface area contributed by atoms with Crippen LogP contribution in [0.2, 0.25) is 0 Å². The van der Waals surface area contributed by atoms with Crippen LogP contribution in [0.5, 0.6) is 11.5 Å². The summed E-state index contributed by atoms with van der Waals surface area (Å²) in [5, 5.41) is 18.3. The number of carboxylic acids is 1. The van der Waals surface area contributed by atoms with Crippen LogP contribution >= 0.6 is 0 Å². The molecular formula is C11H14O5. The van der Waals surface area contributed by atoms with Crippen LogP contribution in [0.25, 0.3) is 0 Å². The summed E-state index contributed by atoms with van der Waals surface area (Å²) < 4.78 is 10.0. The predicted octanol–water partition coefficient (Wildman–Crippen LogP) is 1.21. The molecule has 0 heterocycles. The van der Waals surface area contributed by atoms with Crippen molar-refractivity contribution in [1.29, 1.82) is 0 Å². The van der Waals surface area contributed by atoms with Crippen LogP contribution in [0.1, 0.15) is 18.1 Å². The summed E-state index contributed by atoms with van der Waals surface area (Å²) in [6.07, 6.45) is -1.48. The Kier molecular flexibility index (Phi) is 4.13. The fourth-order valence-corrected chi connectivity index (χ4v) is 1.38. The second-order valence-corrected chi connectivity index (χ2v) is 3.22. The highest BCUT2D eigenvalue weighted by Gasteiger charge is 2.17. The molecule has 5 nitrogen and oxygen atoms in total. The van der Waals surface area contributed by atoms with Gasteiger partial charge in [-0.05, 0) is 18.2 Å². The van der Waals surface area contributed by atoms with Gasteiger partial charge in [-0.1, -0.05) is 0 Å². The summed E-state index contributed by atoms with van der Waals surface area (Å²) in [5.41, 5.74) is 0.407. The van der Waals surface area contributed by atoms with Crippen LogP contribution < -0.4 is 9.47 Å². The van der Waals surface area contributed by atoms with Gasteiger partial charge in [0, 0.05) is 5.56 Å². The second-order valence-electron chi connectivity index (χ2n) is 3.22. The third-order valence-electron chi connectivity index (χ3n) is 2.16. The van der Waals surface area contributed by atoms with Crippen molar-refractivity contribution >= 4 is 5.97 Å². The van der Waals surface area contributed by atoms with E-state index in [-0.39, 0.29) is 6.42 Å². The third kappa shape index (κ3) is 2.87. The van der Waals surface area contributed by atoms with Crippen molar-refractivity contribution < 1.29 is 24.5 Å². The number of carbonyl (C=O) groups is 1. The molecule has 1 aromatic carbocycles. The molecule has 0 aliphatic carbocycles. The largest absolute Gasteiger partial charge is 0.497 e. The summed E-state index contributed by atoms with van der Waals surface area (Å²) in [7, 11) is 2.95. The van der Waals surface area contributed by atoms with Gasteiger partial charge in [-0.25, -0.2) is 0 Å². The molecule has 1 rings (SSSR count). The van der Waals surface area contributed by atoms with Crippen molar-refractivity contribution in [3.05, 3.63) is 23.8 Å². The van der Waals surface area contributed by atoms with Crippen LogP contribution in [0.4, 0.5) is 0 Å². The molecule has 0 radical (unpaired) electrons. The molecule has 2 N–H and O–H groups in total. The SMILES string of the molecule is COc1ccc(OC)c([C@H](O)CC(=O)O)c1. The Bertz CT molecular complexity index is 375. The Labute approximate surface area is 93.2 Å². The summed E-state index contributed by atoms with van der Waals surface area (Å²) >= 11 is 0. The molecular weight excluding hydrogens is 212 g/mol. The topological polar surface area (TPSA) is 76.0 Å². The monoisotopic (exact) mass is 226 g/mol. The van der Waals surface area contributed by atoms with Gasteiger partial charge in [0.1, 0.15) is 11.5 Å². The van der Waals surface area contributed by atoms with Crippen LogP contribution in [0, 0.1) is 0 Å². The molecule has 0 spiro atoms. The molecule has 0 saturated carbocycles. The minimum absolute atomic E-state index is 0.372. The average molecular weight is 226 g/mol. The quantitative estimate of drug-likeness (QED) is 0.789. The van der Waals surface area contributed by atoms with E-state index in [4.69, 9.17) is 14.6 Å². The molecule has 0 fully saturated rings. The maximum atomic E-state index is 10.5. The summed E-state index contributed by atoms with van der Waals surface area (Å²) in [4.78, 5) is 10.5. The van der Waals surface area contributed by atoms with Crippen molar-refractivity contribution in [2.45, 2.75) is 12.5 Å². The molecule has 0 bridgehead atoms. The summed E-state index contributed by atoms with van der Waals surface area (Å²) in [5.74, 6) is -0.0906. The van der Waals surface area contributed by atoms with E-state index in [1.54, 1.807) is 18.2 Å². The van der Waals surface area contributed by atoms with Crippen LogP contribution in [0.15, 0.2) is 18.2 Å². The highest BCUT2D eigenvalue weighted by atomic mass is 16.5. The van der Waals surface area contributed by atoms with Gasteiger partial charge < -0.3 is 19.7 Å². The normalized spacial score (nSPS) is 11.9. The smallest absolute Gasteiger partial charge is 0.306 e. The molecule has 0 aliphatic heterocycles. The maximum Gasteiger partial charge on any atom is 0.306 e. The average Bonchev–Trinajstić information content (AvgIpc) is 2.27. The number of aliphatic hydroxyl groups is 1. The molecule has 0 saturated heterocycles. The van der Waals surface area contributed by atoms with E-state index >= 15 is 0 Å². The highest BCUT2D eigenvalue weighted by molar-refractivity contribution is 5.68. The number of rotatable bonds is 5. The first kappa shape index (κ1) is 12.3. The van der Waals surface area contributed by atoms with Crippen LogP contribution in [0.3, 0.4) is 0 Å². The van der Waals surface area contributed by atoms with E-state index in [9.17, 15) is 9.90 Å². The lowest BCUT2D eigenvalue weighted by Crippen LogP contribution is -2.07. The Morgan fingerprint density at radius 2 is 2.06 bits per heavy atom. The Balaban J connectivity index is 3.02. The van der Waals surface area contributed by atoms with Crippen molar-refractivity contribution in [1.82, 2.24) is 0 Å². The molecule has 88 valence electrons. The maximum absolute atomic E-state index is 10.5. The van der Waals surface area contributed by atoms with E-state index in [1.165, 1.54) is 14.2 Å². The van der Waals surface area contributed by atoms with E-state index < -0.39 is 12.1 Å². The Hall–Kier alpha value is -1.75. The zero-order chi connectivity index (χ0) is 12.1. The molecule has 16 heavy (non-hydrogen) atoms. The number of methoxy groups -OCH3 is 2. The lowest BCUT2D eigenvalue weighted by atomic mass is 10.1. The minimum Gasteiger partial charge on any atom is -0.497 e. The lowest BCUT2D eigenvalue weighted by molar-refractivity contribution is -0.139. The highest BCUT2D eigenvalue weighted by Crippen LogP contribution is 2.30. The van der Waals surface area contributed by atoms with Gasteiger partial charge >= 0.3 is 5.97 Å². The van der Waals surface area contributed by atoms with Crippen molar-refractivity contribution in [3.63, 3.8) is 0 Å². The number of carboxylic acid groups (broad SMARTS) is 1. The first-order chi connectivity index (χ1) is 7.58. The number of ether oxygens (including phenoxy) is 2. The zero-order valence-corrected chi connectivity index (χ0v) is 9.14. The van der Waals surface area contributed by atoms with E-state index in [0.29, 0.717) is 17.1 Å². The number of aliphatic carboxylic acids is 1. The number of benzene rings is 1. The number of aliphatic hydroxyl groups excluding tert-OH is 1. The van der Waals surface area contributed by atoms with Crippen LogP contribution in [-0.2, 0) is 4.79 Å². The van der Waals surface area contributed by atoms with Crippen molar-refractivity contribution in [2.24, 2.45) is 0 Å². The zero-order valence-electron chi connectivity index (χ0n) is 9.14. The van der Waals surface area contributed by atoms with Crippen molar-refractivity contribution in [2.75, 3.05) is 14.2 Å². The lowest BCUT2D eigenvalue weighted by Gasteiger charge is -2.14. The molecule has 0 amide bonds. The molecule has 0 unspecified atom stereocenters. The Morgan fingerprint density at radius 3 is 2.56 bits per heavy atom. The molecule has 0 aromatic heterocycles. The van der Waals surface area contributed by atoms with Gasteiger partial charge in [0.25, 0.3) is 0 Å². The summed E-state index contributed by atoms with van der Waals surface area (Å²) in [6.45, 7) is 0. The number of hydrogen-bond acceptors (Lipinski definition) is 4. The first-order valence-electron chi connectivity index (χ1n) is 4.70. The molecule has 1 aromatic rings.